The average molecular weight is 286 g/mol. The number of nitrogens with one attached hydrogen (secondary N) is 1. The molecule has 1 aliphatic rings. The van der Waals surface area contributed by atoms with E-state index in [9.17, 15) is 18.9 Å². The molecule has 1 aromatic rings. The molecule has 5 nitrogen and oxygen atoms in total. The summed E-state index contributed by atoms with van der Waals surface area (Å²) in [6, 6.07) is 3.41. The molecule has 0 amide bonds. The Kier molecular flexibility index (Phi) is 4.84. The topological polar surface area (TPSA) is 64.4 Å². The second-order valence-corrected chi connectivity index (χ2v) is 4.77. The highest BCUT2D eigenvalue weighted by atomic mass is 19.3. The predicted molar refractivity (Wildman–Crippen MR) is 70.1 cm³/mol. The maximum atomic E-state index is 12.9. The Balaban J connectivity index is 1.89. The van der Waals surface area contributed by atoms with Gasteiger partial charge in [-0.25, -0.2) is 8.78 Å². The van der Waals surface area contributed by atoms with Crippen LogP contribution in [0.3, 0.4) is 0 Å². The van der Waals surface area contributed by atoms with Crippen LogP contribution in [0.5, 0.6) is 0 Å². The fourth-order valence-corrected chi connectivity index (χ4v) is 1.80. The van der Waals surface area contributed by atoms with E-state index in [0.717, 1.165) is 6.07 Å². The van der Waals surface area contributed by atoms with E-state index in [1.165, 1.54) is 25.0 Å². The molecule has 2 rings (SSSR count). The molecule has 0 saturated heterocycles. The number of nitro benzene ring substituents is 1. The van der Waals surface area contributed by atoms with Gasteiger partial charge in [-0.15, -0.1) is 0 Å². The minimum atomic E-state index is -2.76. The summed E-state index contributed by atoms with van der Waals surface area (Å²) < 4.78 is 31.1. The highest BCUT2D eigenvalue weighted by molar-refractivity contribution is 5.56. The van der Waals surface area contributed by atoms with Crippen LogP contribution < -0.4 is 5.32 Å². The first-order valence-electron chi connectivity index (χ1n) is 6.46. The molecule has 1 aromatic carbocycles. The number of hydrogen-bond donors (Lipinski definition) is 1. The lowest BCUT2D eigenvalue weighted by Crippen LogP contribution is -2.12. The number of rotatable bonds is 8. The van der Waals surface area contributed by atoms with Gasteiger partial charge in [0.1, 0.15) is 0 Å². The zero-order valence-electron chi connectivity index (χ0n) is 10.9. The summed E-state index contributed by atoms with van der Waals surface area (Å²) in [6.07, 6.45) is -0.360. The molecule has 110 valence electrons. The van der Waals surface area contributed by atoms with E-state index in [-0.39, 0.29) is 16.9 Å². The van der Waals surface area contributed by atoms with E-state index in [1.54, 1.807) is 0 Å². The molecule has 0 atom stereocenters. The summed E-state index contributed by atoms with van der Waals surface area (Å²) >= 11 is 0. The first-order chi connectivity index (χ1) is 9.58. The van der Waals surface area contributed by atoms with Crippen LogP contribution in [0.15, 0.2) is 18.2 Å². The maximum absolute atomic E-state index is 12.9. The Labute approximate surface area is 115 Å². The van der Waals surface area contributed by atoms with Gasteiger partial charge in [-0.3, -0.25) is 10.1 Å². The second kappa shape index (κ2) is 6.60. The monoisotopic (exact) mass is 286 g/mol. The SMILES string of the molecule is O=[N+]([O-])c1ccc(NCCOCC2CC2)c(C(F)F)c1. The summed E-state index contributed by atoms with van der Waals surface area (Å²) in [4.78, 5) is 9.89. The molecule has 0 radical (unpaired) electrons. The number of halogens is 2. The van der Waals surface area contributed by atoms with E-state index < -0.39 is 11.3 Å². The molecule has 20 heavy (non-hydrogen) atoms. The number of ether oxygens (including phenoxy) is 1. The number of non-ortho nitro benzene ring substituents is 1. The first-order valence-corrected chi connectivity index (χ1v) is 6.46. The van der Waals surface area contributed by atoms with E-state index in [1.807, 2.05) is 0 Å². The lowest BCUT2D eigenvalue weighted by atomic mass is 10.1. The Morgan fingerprint density at radius 1 is 1.45 bits per heavy atom. The normalized spacial score (nSPS) is 14.6. The van der Waals surface area contributed by atoms with Crippen molar-refractivity contribution in [2.24, 2.45) is 5.92 Å². The number of alkyl halides is 2. The number of anilines is 1. The van der Waals surface area contributed by atoms with Crippen molar-refractivity contribution in [3.05, 3.63) is 33.9 Å². The maximum Gasteiger partial charge on any atom is 0.270 e. The van der Waals surface area contributed by atoms with Gasteiger partial charge in [-0.1, -0.05) is 0 Å². The highest BCUT2D eigenvalue weighted by Crippen LogP contribution is 2.31. The van der Waals surface area contributed by atoms with Crippen molar-refractivity contribution in [3.63, 3.8) is 0 Å². The van der Waals surface area contributed by atoms with Crippen molar-refractivity contribution in [3.8, 4) is 0 Å². The van der Waals surface area contributed by atoms with E-state index in [0.29, 0.717) is 25.7 Å². The molecule has 0 spiro atoms. The van der Waals surface area contributed by atoms with Gasteiger partial charge in [-0.05, 0) is 24.8 Å². The van der Waals surface area contributed by atoms with Gasteiger partial charge in [-0.2, -0.15) is 0 Å². The highest BCUT2D eigenvalue weighted by Gasteiger charge is 2.21. The minimum Gasteiger partial charge on any atom is -0.382 e. The molecule has 1 saturated carbocycles. The molecule has 1 fully saturated rings. The van der Waals surface area contributed by atoms with Gasteiger partial charge < -0.3 is 10.1 Å². The van der Waals surface area contributed by atoms with Crippen molar-refractivity contribution < 1.29 is 18.4 Å². The van der Waals surface area contributed by atoms with Crippen LogP contribution in [0.2, 0.25) is 0 Å². The Hall–Kier alpha value is -1.76. The van der Waals surface area contributed by atoms with Crippen molar-refractivity contribution in [2.45, 2.75) is 19.3 Å². The van der Waals surface area contributed by atoms with Crippen LogP contribution in [0.25, 0.3) is 0 Å². The third-order valence-electron chi connectivity index (χ3n) is 3.09. The molecule has 0 aromatic heterocycles. The lowest BCUT2D eigenvalue weighted by molar-refractivity contribution is -0.385. The number of nitrogens with zero attached hydrogens (tertiary/aromatic N) is 1. The fraction of sp³-hybridized carbons (Fsp3) is 0.538. The summed E-state index contributed by atoms with van der Waals surface area (Å²) in [5.74, 6) is 0.658. The summed E-state index contributed by atoms with van der Waals surface area (Å²) in [5.41, 5.74) is -0.488. The Morgan fingerprint density at radius 2 is 2.20 bits per heavy atom. The molecule has 0 aliphatic heterocycles. The van der Waals surface area contributed by atoms with E-state index >= 15 is 0 Å². The molecule has 0 bridgehead atoms. The van der Waals surface area contributed by atoms with Crippen LogP contribution in [-0.4, -0.2) is 24.7 Å². The van der Waals surface area contributed by atoms with Gasteiger partial charge in [0.25, 0.3) is 12.1 Å². The molecule has 0 unspecified atom stereocenters. The van der Waals surface area contributed by atoms with Gasteiger partial charge in [0.15, 0.2) is 0 Å². The lowest BCUT2D eigenvalue weighted by Gasteiger charge is -2.11. The summed E-state index contributed by atoms with van der Waals surface area (Å²) in [5, 5.41) is 13.4. The van der Waals surface area contributed by atoms with E-state index in [2.05, 4.69) is 5.32 Å². The quantitative estimate of drug-likeness (QED) is 0.452. The zero-order chi connectivity index (χ0) is 14.5. The Bertz CT molecular complexity index is 479. The molecule has 0 heterocycles. The molecular formula is C13H16F2N2O3. The summed E-state index contributed by atoms with van der Waals surface area (Å²) in [6.45, 7) is 1.53. The van der Waals surface area contributed by atoms with Crippen LogP contribution in [-0.2, 0) is 4.74 Å². The van der Waals surface area contributed by atoms with Crippen LogP contribution in [0.1, 0.15) is 24.8 Å². The van der Waals surface area contributed by atoms with Crippen molar-refractivity contribution >= 4 is 11.4 Å². The standard InChI is InChI=1S/C13H16F2N2O3/c14-13(15)11-7-10(17(18)19)3-4-12(11)16-5-6-20-8-9-1-2-9/h3-4,7,9,13,16H,1-2,5-6,8H2. The minimum absolute atomic E-state index is 0.209. The van der Waals surface area contributed by atoms with Crippen LogP contribution in [0.4, 0.5) is 20.2 Å². The number of hydrogen-bond acceptors (Lipinski definition) is 4. The van der Waals surface area contributed by atoms with Gasteiger partial charge >= 0.3 is 0 Å². The largest absolute Gasteiger partial charge is 0.382 e. The molecular weight excluding hydrogens is 270 g/mol. The zero-order valence-corrected chi connectivity index (χ0v) is 10.9. The third kappa shape index (κ3) is 4.12. The second-order valence-electron chi connectivity index (χ2n) is 4.77. The predicted octanol–water partition coefficient (Wildman–Crippen LogP) is 3.37. The average Bonchev–Trinajstić information content (AvgIpc) is 3.22. The smallest absolute Gasteiger partial charge is 0.270 e. The van der Waals surface area contributed by atoms with Crippen LogP contribution >= 0.6 is 0 Å². The van der Waals surface area contributed by atoms with Gasteiger partial charge in [0.2, 0.25) is 0 Å². The summed E-state index contributed by atoms with van der Waals surface area (Å²) in [7, 11) is 0. The first kappa shape index (κ1) is 14.6. The number of nitro groups is 1. The van der Waals surface area contributed by atoms with Gasteiger partial charge in [0, 0.05) is 36.5 Å². The van der Waals surface area contributed by atoms with Crippen LogP contribution in [0, 0.1) is 16.0 Å². The van der Waals surface area contributed by atoms with Gasteiger partial charge in [0.05, 0.1) is 11.5 Å². The number of benzene rings is 1. The van der Waals surface area contributed by atoms with Crippen molar-refractivity contribution in [1.29, 1.82) is 0 Å². The van der Waals surface area contributed by atoms with E-state index in [4.69, 9.17) is 4.74 Å². The molecule has 7 heteroatoms. The fourth-order valence-electron chi connectivity index (χ4n) is 1.80. The van der Waals surface area contributed by atoms with Crippen molar-refractivity contribution in [2.75, 3.05) is 25.1 Å². The third-order valence-corrected chi connectivity index (χ3v) is 3.09. The molecule has 1 N–H and O–H groups in total. The molecule has 1 aliphatic carbocycles. The Morgan fingerprint density at radius 3 is 2.80 bits per heavy atom. The van der Waals surface area contributed by atoms with Crippen molar-refractivity contribution in [1.82, 2.24) is 0 Å².